The fraction of sp³-hybridized carbons (Fsp3) is 0. The molecule has 0 saturated carbocycles. The Kier molecular flexibility index (Phi) is 1.39. The molecule has 0 radical (unpaired) electrons. The maximum atomic E-state index is 3.95. The molecule has 2 aromatic rings. The monoisotopic (exact) mass is 167 g/mol. The van der Waals surface area contributed by atoms with Gasteiger partial charge in [0.2, 0.25) is 11.1 Å². The molecule has 0 spiro atoms. The van der Waals surface area contributed by atoms with Gasteiger partial charge in [0.15, 0.2) is 0 Å². The van der Waals surface area contributed by atoms with Crippen LogP contribution < -0.4 is 0 Å². The predicted molar refractivity (Wildman–Crippen MR) is 40.8 cm³/mol. The van der Waals surface area contributed by atoms with Crippen LogP contribution in [-0.4, -0.2) is 25.0 Å². The van der Waals surface area contributed by atoms with Crippen molar-refractivity contribution in [2.45, 2.75) is 5.16 Å². The van der Waals surface area contributed by atoms with Crippen LogP contribution in [0.15, 0.2) is 23.6 Å². The van der Waals surface area contributed by atoms with Crippen molar-refractivity contribution in [3.8, 4) is 5.95 Å². The Hall–Kier alpha value is -1.30. The van der Waals surface area contributed by atoms with Crippen LogP contribution in [0.3, 0.4) is 0 Å². The molecule has 0 aliphatic carbocycles. The van der Waals surface area contributed by atoms with E-state index in [9.17, 15) is 0 Å². The van der Waals surface area contributed by atoms with E-state index in [-0.39, 0.29) is 0 Å². The average molecular weight is 167 g/mol. The summed E-state index contributed by atoms with van der Waals surface area (Å²) in [5, 5.41) is 10.8. The second kappa shape index (κ2) is 2.39. The van der Waals surface area contributed by atoms with Crippen molar-refractivity contribution in [3.05, 3.63) is 18.5 Å². The molecule has 0 saturated heterocycles. The molecule has 0 unspecified atom stereocenters. The molecular formula is C5H5N5S. The maximum Gasteiger partial charge on any atom is 0.247 e. The zero-order valence-electron chi connectivity index (χ0n) is 5.47. The minimum atomic E-state index is 0.413. The van der Waals surface area contributed by atoms with E-state index in [4.69, 9.17) is 0 Å². The van der Waals surface area contributed by atoms with Gasteiger partial charge in [0, 0.05) is 12.4 Å². The van der Waals surface area contributed by atoms with Gasteiger partial charge in [-0.15, -0.1) is 17.7 Å². The lowest BCUT2D eigenvalue weighted by molar-refractivity contribution is 0.813. The summed E-state index contributed by atoms with van der Waals surface area (Å²) >= 11 is 3.94. The second-order valence-corrected chi connectivity index (χ2v) is 2.31. The van der Waals surface area contributed by atoms with E-state index in [1.54, 1.807) is 23.1 Å². The minimum absolute atomic E-state index is 0.413. The number of hydrogen-bond donors (Lipinski definition) is 2. The summed E-state index contributed by atoms with van der Waals surface area (Å²) < 4.78 is 1.58. The van der Waals surface area contributed by atoms with Crippen molar-refractivity contribution < 1.29 is 0 Å². The Bertz CT molecular complexity index is 337. The standard InChI is InChI=1S/C5H5N5S/c11-5-7-4(8-9-5)10-3-1-2-6-10/h1-3H,(H2,7,8,9,11). The summed E-state index contributed by atoms with van der Waals surface area (Å²) in [5.74, 6) is 0.569. The molecular weight excluding hydrogens is 162 g/mol. The van der Waals surface area contributed by atoms with Gasteiger partial charge in [0.05, 0.1) is 0 Å². The van der Waals surface area contributed by atoms with Crippen LogP contribution >= 0.6 is 12.6 Å². The molecule has 0 bridgehead atoms. The van der Waals surface area contributed by atoms with Gasteiger partial charge >= 0.3 is 0 Å². The molecule has 0 amide bonds. The van der Waals surface area contributed by atoms with E-state index in [2.05, 4.69) is 32.9 Å². The van der Waals surface area contributed by atoms with Gasteiger partial charge in [0.25, 0.3) is 0 Å². The third-order valence-electron chi connectivity index (χ3n) is 1.18. The lowest BCUT2D eigenvalue weighted by atomic mass is 10.7. The Balaban J connectivity index is 2.45. The molecule has 0 fully saturated rings. The SMILES string of the molecule is Sc1n[nH]c(-n2cccn2)n1. The molecule has 0 aliphatic rings. The number of hydrogen-bond acceptors (Lipinski definition) is 4. The first-order valence-corrected chi connectivity index (χ1v) is 3.42. The maximum absolute atomic E-state index is 3.95. The lowest BCUT2D eigenvalue weighted by Gasteiger charge is -1.89. The Labute approximate surface area is 67.9 Å². The first-order chi connectivity index (χ1) is 5.36. The first-order valence-electron chi connectivity index (χ1n) is 2.97. The van der Waals surface area contributed by atoms with Gasteiger partial charge < -0.3 is 0 Å². The van der Waals surface area contributed by atoms with Crippen molar-refractivity contribution in [1.29, 1.82) is 0 Å². The number of rotatable bonds is 1. The topological polar surface area (TPSA) is 59.4 Å². The van der Waals surface area contributed by atoms with Gasteiger partial charge in [-0.2, -0.15) is 10.1 Å². The lowest BCUT2D eigenvalue weighted by Crippen LogP contribution is -1.95. The largest absolute Gasteiger partial charge is 0.247 e. The van der Waals surface area contributed by atoms with E-state index in [0.29, 0.717) is 11.1 Å². The fourth-order valence-corrected chi connectivity index (χ4v) is 0.886. The highest BCUT2D eigenvalue weighted by molar-refractivity contribution is 7.80. The Morgan fingerprint density at radius 2 is 2.45 bits per heavy atom. The predicted octanol–water partition coefficient (Wildman–Crippen LogP) is 0.279. The van der Waals surface area contributed by atoms with Crippen molar-refractivity contribution in [1.82, 2.24) is 25.0 Å². The fourth-order valence-electron chi connectivity index (χ4n) is 0.741. The molecule has 5 nitrogen and oxygen atoms in total. The van der Waals surface area contributed by atoms with Crippen LogP contribution in [0.25, 0.3) is 5.95 Å². The van der Waals surface area contributed by atoms with Crippen LogP contribution in [0.4, 0.5) is 0 Å². The van der Waals surface area contributed by atoms with Gasteiger partial charge in [0.1, 0.15) is 0 Å². The summed E-state index contributed by atoms with van der Waals surface area (Å²) in [6.45, 7) is 0. The molecule has 2 aromatic heterocycles. The van der Waals surface area contributed by atoms with E-state index >= 15 is 0 Å². The highest BCUT2D eigenvalue weighted by atomic mass is 32.1. The molecule has 0 atom stereocenters. The van der Waals surface area contributed by atoms with Gasteiger partial charge in [-0.25, -0.2) is 9.78 Å². The highest BCUT2D eigenvalue weighted by Gasteiger charge is 1.99. The van der Waals surface area contributed by atoms with Crippen molar-refractivity contribution in [3.63, 3.8) is 0 Å². The summed E-state index contributed by atoms with van der Waals surface area (Å²) in [5.41, 5.74) is 0. The number of nitrogens with one attached hydrogen (secondary N) is 1. The normalized spacial score (nSPS) is 10.3. The van der Waals surface area contributed by atoms with Crippen molar-refractivity contribution >= 4 is 12.6 Å². The number of aromatic nitrogens is 5. The summed E-state index contributed by atoms with van der Waals surface area (Å²) in [4.78, 5) is 3.95. The second-order valence-electron chi connectivity index (χ2n) is 1.91. The van der Waals surface area contributed by atoms with Gasteiger partial charge in [-0.3, -0.25) is 0 Å². The van der Waals surface area contributed by atoms with Crippen LogP contribution in [0.1, 0.15) is 0 Å². The van der Waals surface area contributed by atoms with Crippen LogP contribution in [0.2, 0.25) is 0 Å². The summed E-state index contributed by atoms with van der Waals surface area (Å²) in [7, 11) is 0. The van der Waals surface area contributed by atoms with E-state index < -0.39 is 0 Å². The zero-order valence-corrected chi connectivity index (χ0v) is 6.36. The molecule has 0 aromatic carbocycles. The number of nitrogens with zero attached hydrogens (tertiary/aromatic N) is 4. The van der Waals surface area contributed by atoms with E-state index in [1.165, 1.54) is 0 Å². The number of thiol groups is 1. The molecule has 6 heteroatoms. The third kappa shape index (κ3) is 1.12. The molecule has 2 rings (SSSR count). The summed E-state index contributed by atoms with van der Waals surface area (Å²) in [6.07, 6.45) is 3.44. The Morgan fingerprint density at radius 1 is 1.55 bits per heavy atom. The average Bonchev–Trinajstić information content (AvgIpc) is 2.55. The smallest absolute Gasteiger partial charge is 0.242 e. The molecule has 1 N–H and O–H groups in total. The number of H-pyrrole nitrogens is 1. The quantitative estimate of drug-likeness (QED) is 0.600. The van der Waals surface area contributed by atoms with Gasteiger partial charge in [-0.1, -0.05) is 0 Å². The van der Waals surface area contributed by atoms with Crippen molar-refractivity contribution in [2.24, 2.45) is 0 Å². The van der Waals surface area contributed by atoms with Crippen LogP contribution in [0, 0.1) is 0 Å². The Morgan fingerprint density at radius 3 is 3.00 bits per heavy atom. The molecule has 56 valence electrons. The van der Waals surface area contributed by atoms with Gasteiger partial charge in [-0.05, 0) is 6.07 Å². The van der Waals surface area contributed by atoms with E-state index in [0.717, 1.165) is 0 Å². The molecule has 11 heavy (non-hydrogen) atoms. The molecule has 2 heterocycles. The first kappa shape index (κ1) is 6.41. The number of aromatic amines is 1. The molecule has 0 aliphatic heterocycles. The van der Waals surface area contributed by atoms with Crippen LogP contribution in [-0.2, 0) is 0 Å². The third-order valence-corrected chi connectivity index (χ3v) is 1.38. The minimum Gasteiger partial charge on any atom is -0.242 e. The summed E-state index contributed by atoms with van der Waals surface area (Å²) in [6, 6.07) is 1.81. The van der Waals surface area contributed by atoms with E-state index in [1.807, 2.05) is 0 Å². The van der Waals surface area contributed by atoms with Crippen molar-refractivity contribution in [2.75, 3.05) is 0 Å². The zero-order chi connectivity index (χ0) is 7.68. The van der Waals surface area contributed by atoms with Crippen LogP contribution in [0.5, 0.6) is 0 Å². The highest BCUT2D eigenvalue weighted by Crippen LogP contribution is 2.00.